The molecule has 0 aromatic rings. The molecular formula is C9H12O2. The van der Waals surface area contributed by atoms with Crippen LogP contribution >= 0.6 is 0 Å². The molecule has 0 aromatic heterocycles. The quantitative estimate of drug-likeness (QED) is 0.349. The number of allylic oxidation sites excluding steroid dienone is 2. The molecule has 0 N–H and O–H groups in total. The van der Waals surface area contributed by atoms with Crippen molar-refractivity contribution < 1.29 is 9.53 Å². The van der Waals surface area contributed by atoms with E-state index in [1.165, 1.54) is 0 Å². The minimum Gasteiger partial charge on any atom is -0.458 e. The lowest BCUT2D eigenvalue weighted by Gasteiger charge is -1.95. The Balaban J connectivity index is 3.64. The zero-order valence-electron chi connectivity index (χ0n) is 6.67. The maximum absolute atomic E-state index is 10.5. The Labute approximate surface area is 66.9 Å². The highest BCUT2D eigenvalue weighted by Gasteiger charge is 1.90. The van der Waals surface area contributed by atoms with Crippen LogP contribution in [0.3, 0.4) is 0 Å². The normalized spacial score (nSPS) is 10.5. The molecule has 0 aliphatic heterocycles. The van der Waals surface area contributed by atoms with E-state index in [9.17, 15) is 4.79 Å². The number of carbonyl (C=O) groups is 1. The van der Waals surface area contributed by atoms with E-state index in [0.717, 1.165) is 11.6 Å². The number of hydrogen-bond donors (Lipinski definition) is 0. The van der Waals surface area contributed by atoms with Crippen molar-refractivity contribution in [2.24, 2.45) is 0 Å². The van der Waals surface area contributed by atoms with Crippen LogP contribution in [0.1, 0.15) is 6.92 Å². The van der Waals surface area contributed by atoms with Crippen molar-refractivity contribution in [1.82, 2.24) is 0 Å². The van der Waals surface area contributed by atoms with E-state index in [1.54, 1.807) is 12.2 Å². The smallest absolute Gasteiger partial charge is 0.330 e. The fourth-order valence-corrected chi connectivity index (χ4v) is 0.398. The van der Waals surface area contributed by atoms with Gasteiger partial charge in [-0.05, 0) is 13.0 Å². The standard InChI is InChI=1S/C9H12O2/c1-4-8(3)6-7-11-9(10)5-2/h4-6H,1-2,7H2,3H3. The summed E-state index contributed by atoms with van der Waals surface area (Å²) >= 11 is 0. The van der Waals surface area contributed by atoms with Crippen molar-refractivity contribution in [2.75, 3.05) is 6.61 Å². The third-order valence-electron chi connectivity index (χ3n) is 1.12. The van der Waals surface area contributed by atoms with E-state index >= 15 is 0 Å². The Bertz CT molecular complexity index is 190. The highest BCUT2D eigenvalue weighted by Crippen LogP contribution is 1.92. The SMILES string of the molecule is C=CC(=O)OCC=C(C)C=C. The van der Waals surface area contributed by atoms with Gasteiger partial charge < -0.3 is 4.74 Å². The van der Waals surface area contributed by atoms with Gasteiger partial charge in [0.25, 0.3) is 0 Å². The summed E-state index contributed by atoms with van der Waals surface area (Å²) in [4.78, 5) is 10.5. The second kappa shape index (κ2) is 5.47. The molecule has 0 radical (unpaired) electrons. The molecule has 0 heterocycles. The van der Waals surface area contributed by atoms with Gasteiger partial charge in [-0.3, -0.25) is 0 Å². The van der Waals surface area contributed by atoms with Crippen LogP contribution in [0.2, 0.25) is 0 Å². The average Bonchev–Trinajstić information content (AvgIpc) is 2.04. The molecule has 0 aromatic carbocycles. The maximum Gasteiger partial charge on any atom is 0.330 e. The molecule has 0 saturated carbocycles. The number of ether oxygens (including phenoxy) is 1. The van der Waals surface area contributed by atoms with Gasteiger partial charge >= 0.3 is 5.97 Å². The molecule has 0 aliphatic rings. The van der Waals surface area contributed by atoms with Gasteiger partial charge in [-0.1, -0.05) is 24.8 Å². The first-order chi connectivity index (χ1) is 5.20. The number of rotatable bonds is 4. The predicted octanol–water partition coefficient (Wildman–Crippen LogP) is 1.85. The summed E-state index contributed by atoms with van der Waals surface area (Å²) in [6.07, 6.45) is 4.60. The van der Waals surface area contributed by atoms with E-state index in [4.69, 9.17) is 0 Å². The Morgan fingerprint density at radius 3 is 2.55 bits per heavy atom. The third-order valence-corrected chi connectivity index (χ3v) is 1.12. The summed E-state index contributed by atoms with van der Waals surface area (Å²) in [6, 6.07) is 0. The third kappa shape index (κ3) is 5.15. The van der Waals surface area contributed by atoms with Crippen LogP contribution in [0.4, 0.5) is 0 Å². The Morgan fingerprint density at radius 2 is 2.09 bits per heavy atom. The molecule has 0 fully saturated rings. The van der Waals surface area contributed by atoms with Gasteiger partial charge in [0, 0.05) is 6.08 Å². The average molecular weight is 152 g/mol. The molecule has 0 spiro atoms. The van der Waals surface area contributed by atoms with Crippen LogP contribution in [0, 0.1) is 0 Å². The summed E-state index contributed by atoms with van der Waals surface area (Å²) in [5.41, 5.74) is 0.988. The fraction of sp³-hybridized carbons (Fsp3) is 0.222. The minimum absolute atomic E-state index is 0.280. The van der Waals surface area contributed by atoms with Crippen LogP contribution in [-0.4, -0.2) is 12.6 Å². The Hall–Kier alpha value is -1.31. The van der Waals surface area contributed by atoms with E-state index in [1.807, 2.05) is 6.92 Å². The summed E-state index contributed by atoms with van der Waals surface area (Å²) < 4.78 is 4.68. The predicted molar refractivity (Wildman–Crippen MR) is 45.1 cm³/mol. The maximum atomic E-state index is 10.5. The van der Waals surface area contributed by atoms with Crippen molar-refractivity contribution in [1.29, 1.82) is 0 Å². The highest BCUT2D eigenvalue weighted by atomic mass is 16.5. The van der Waals surface area contributed by atoms with Crippen molar-refractivity contribution in [3.8, 4) is 0 Å². The molecule has 0 atom stereocenters. The Morgan fingerprint density at radius 1 is 1.45 bits per heavy atom. The lowest BCUT2D eigenvalue weighted by atomic mass is 10.3. The second-order valence-electron chi connectivity index (χ2n) is 1.99. The summed E-state index contributed by atoms with van der Waals surface area (Å²) in [5.74, 6) is -0.405. The van der Waals surface area contributed by atoms with Crippen LogP contribution < -0.4 is 0 Å². The molecule has 0 rings (SSSR count). The van der Waals surface area contributed by atoms with Crippen molar-refractivity contribution in [3.63, 3.8) is 0 Å². The lowest BCUT2D eigenvalue weighted by molar-refractivity contribution is -0.136. The zero-order chi connectivity index (χ0) is 8.69. The van der Waals surface area contributed by atoms with Gasteiger partial charge in [-0.15, -0.1) is 0 Å². The molecule has 2 heteroatoms. The first kappa shape index (κ1) is 9.69. The molecule has 11 heavy (non-hydrogen) atoms. The summed E-state index contributed by atoms with van der Waals surface area (Å²) in [7, 11) is 0. The van der Waals surface area contributed by atoms with E-state index in [0.29, 0.717) is 0 Å². The topological polar surface area (TPSA) is 26.3 Å². The van der Waals surface area contributed by atoms with E-state index in [-0.39, 0.29) is 6.61 Å². The monoisotopic (exact) mass is 152 g/mol. The molecule has 0 bridgehead atoms. The largest absolute Gasteiger partial charge is 0.458 e. The Kier molecular flexibility index (Phi) is 4.82. The van der Waals surface area contributed by atoms with E-state index < -0.39 is 5.97 Å². The second-order valence-corrected chi connectivity index (χ2v) is 1.99. The van der Waals surface area contributed by atoms with Gasteiger partial charge in [-0.2, -0.15) is 0 Å². The van der Waals surface area contributed by atoms with Crippen LogP contribution in [-0.2, 0) is 9.53 Å². The van der Waals surface area contributed by atoms with Crippen molar-refractivity contribution in [3.05, 3.63) is 37.0 Å². The molecule has 2 nitrogen and oxygen atoms in total. The number of carbonyl (C=O) groups excluding carboxylic acids is 1. The van der Waals surface area contributed by atoms with Crippen LogP contribution in [0.25, 0.3) is 0 Å². The molecular weight excluding hydrogens is 140 g/mol. The summed E-state index contributed by atoms with van der Waals surface area (Å²) in [6.45, 7) is 8.98. The fourth-order valence-electron chi connectivity index (χ4n) is 0.398. The summed E-state index contributed by atoms with van der Waals surface area (Å²) in [5, 5.41) is 0. The highest BCUT2D eigenvalue weighted by molar-refractivity contribution is 5.81. The van der Waals surface area contributed by atoms with Gasteiger partial charge in [0.15, 0.2) is 0 Å². The van der Waals surface area contributed by atoms with Gasteiger partial charge in [0.2, 0.25) is 0 Å². The molecule has 0 amide bonds. The van der Waals surface area contributed by atoms with Crippen molar-refractivity contribution in [2.45, 2.75) is 6.92 Å². The molecule has 0 saturated heterocycles. The number of esters is 1. The number of hydrogen-bond acceptors (Lipinski definition) is 2. The van der Waals surface area contributed by atoms with Crippen LogP contribution in [0.15, 0.2) is 37.0 Å². The van der Waals surface area contributed by atoms with Gasteiger partial charge in [-0.25, -0.2) is 4.79 Å². The molecule has 0 unspecified atom stereocenters. The molecule has 0 aliphatic carbocycles. The van der Waals surface area contributed by atoms with Crippen LogP contribution in [0.5, 0.6) is 0 Å². The first-order valence-electron chi connectivity index (χ1n) is 3.29. The lowest BCUT2D eigenvalue weighted by Crippen LogP contribution is -1.99. The van der Waals surface area contributed by atoms with Gasteiger partial charge in [0.05, 0.1) is 0 Å². The van der Waals surface area contributed by atoms with Gasteiger partial charge in [0.1, 0.15) is 6.61 Å². The van der Waals surface area contributed by atoms with Crippen molar-refractivity contribution >= 4 is 5.97 Å². The zero-order valence-corrected chi connectivity index (χ0v) is 6.67. The molecule has 60 valence electrons. The van der Waals surface area contributed by atoms with E-state index in [2.05, 4.69) is 17.9 Å². The first-order valence-corrected chi connectivity index (χ1v) is 3.29. The minimum atomic E-state index is -0.405.